The molecule has 1 aliphatic rings. The first-order chi connectivity index (χ1) is 12.2. The van der Waals surface area contributed by atoms with Crippen molar-refractivity contribution in [1.82, 2.24) is 4.98 Å². The molecule has 0 bridgehead atoms. The summed E-state index contributed by atoms with van der Waals surface area (Å²) < 4.78 is 0. The summed E-state index contributed by atoms with van der Waals surface area (Å²) in [5, 5.41) is 2.89. The minimum Gasteiger partial charge on any atom is -0.323 e. The van der Waals surface area contributed by atoms with Crippen molar-refractivity contribution in [3.05, 3.63) is 84.1 Å². The zero-order chi connectivity index (χ0) is 17.2. The number of aromatic nitrogens is 1. The summed E-state index contributed by atoms with van der Waals surface area (Å²) in [6.45, 7) is 2.20. The average Bonchev–Trinajstić information content (AvgIpc) is 2.99. The van der Waals surface area contributed by atoms with E-state index in [0.29, 0.717) is 17.3 Å². The first kappa shape index (κ1) is 15.4. The minimum absolute atomic E-state index is 0.130. The van der Waals surface area contributed by atoms with Gasteiger partial charge >= 0.3 is 0 Å². The van der Waals surface area contributed by atoms with Crippen molar-refractivity contribution in [2.45, 2.75) is 19.4 Å². The van der Waals surface area contributed by atoms with E-state index in [9.17, 15) is 4.79 Å². The van der Waals surface area contributed by atoms with Gasteiger partial charge in [0.1, 0.15) is 5.82 Å². The SMILES string of the molecule is CC1Cc2ccccc2N1c1ccc(NC(=O)c2ccccc2)cn1. The summed E-state index contributed by atoms with van der Waals surface area (Å²) in [5.74, 6) is 0.769. The van der Waals surface area contributed by atoms with Gasteiger partial charge in [-0.1, -0.05) is 36.4 Å². The molecule has 0 spiro atoms. The third-order valence-electron chi connectivity index (χ3n) is 4.50. The summed E-state index contributed by atoms with van der Waals surface area (Å²) in [4.78, 5) is 19.0. The molecule has 3 aromatic rings. The van der Waals surface area contributed by atoms with E-state index in [0.717, 1.165) is 12.2 Å². The van der Waals surface area contributed by atoms with Crippen LogP contribution in [0.3, 0.4) is 0 Å². The molecule has 0 fully saturated rings. The number of nitrogens with one attached hydrogen (secondary N) is 1. The molecular formula is C21H19N3O. The van der Waals surface area contributed by atoms with E-state index in [2.05, 4.69) is 46.4 Å². The molecule has 2 aromatic carbocycles. The summed E-state index contributed by atoms with van der Waals surface area (Å²) in [7, 11) is 0. The lowest BCUT2D eigenvalue weighted by Gasteiger charge is -2.24. The Morgan fingerprint density at radius 3 is 2.56 bits per heavy atom. The molecule has 1 amide bonds. The lowest BCUT2D eigenvalue weighted by molar-refractivity contribution is 0.102. The minimum atomic E-state index is -0.130. The van der Waals surface area contributed by atoms with E-state index in [-0.39, 0.29) is 5.91 Å². The van der Waals surface area contributed by atoms with E-state index < -0.39 is 0 Å². The Labute approximate surface area is 147 Å². The number of fused-ring (bicyclic) bond motifs is 1. The van der Waals surface area contributed by atoms with Gasteiger partial charge in [-0.25, -0.2) is 4.98 Å². The van der Waals surface area contributed by atoms with E-state index in [1.54, 1.807) is 18.3 Å². The van der Waals surface area contributed by atoms with E-state index >= 15 is 0 Å². The third kappa shape index (κ3) is 2.98. The Kier molecular flexibility index (Phi) is 3.94. The quantitative estimate of drug-likeness (QED) is 0.774. The molecule has 1 aliphatic heterocycles. The van der Waals surface area contributed by atoms with Crippen LogP contribution in [-0.2, 0) is 6.42 Å². The van der Waals surface area contributed by atoms with Crippen LogP contribution in [-0.4, -0.2) is 16.9 Å². The van der Waals surface area contributed by atoms with Gasteiger partial charge in [0.25, 0.3) is 5.91 Å². The highest BCUT2D eigenvalue weighted by atomic mass is 16.1. The van der Waals surface area contributed by atoms with Gasteiger partial charge in [0, 0.05) is 17.3 Å². The predicted octanol–water partition coefficient (Wildman–Crippen LogP) is 4.42. The molecule has 2 heterocycles. The fourth-order valence-electron chi connectivity index (χ4n) is 3.31. The Morgan fingerprint density at radius 2 is 1.80 bits per heavy atom. The first-order valence-electron chi connectivity index (χ1n) is 8.42. The summed E-state index contributed by atoms with van der Waals surface area (Å²) in [6.07, 6.45) is 2.73. The van der Waals surface area contributed by atoms with Gasteiger partial charge in [0.2, 0.25) is 0 Å². The molecule has 4 heteroatoms. The molecule has 0 aliphatic carbocycles. The van der Waals surface area contributed by atoms with Crippen molar-refractivity contribution >= 4 is 23.1 Å². The number of benzene rings is 2. The zero-order valence-electron chi connectivity index (χ0n) is 14.0. The molecule has 1 atom stereocenters. The molecule has 1 aromatic heterocycles. The van der Waals surface area contributed by atoms with Crippen LogP contribution in [0.15, 0.2) is 72.9 Å². The van der Waals surface area contributed by atoms with Crippen LogP contribution in [0.25, 0.3) is 0 Å². The number of hydrogen-bond acceptors (Lipinski definition) is 3. The number of amides is 1. The summed E-state index contributed by atoms with van der Waals surface area (Å²) in [5.41, 5.74) is 3.88. The molecule has 0 saturated carbocycles. The number of pyridine rings is 1. The highest BCUT2D eigenvalue weighted by Crippen LogP contribution is 2.37. The maximum absolute atomic E-state index is 12.2. The van der Waals surface area contributed by atoms with Crippen LogP contribution in [0.2, 0.25) is 0 Å². The van der Waals surface area contributed by atoms with Gasteiger partial charge in [-0.2, -0.15) is 0 Å². The van der Waals surface area contributed by atoms with Gasteiger partial charge in [-0.15, -0.1) is 0 Å². The van der Waals surface area contributed by atoms with Crippen LogP contribution < -0.4 is 10.2 Å². The maximum Gasteiger partial charge on any atom is 0.255 e. The molecule has 0 radical (unpaired) electrons. The molecule has 124 valence electrons. The highest BCUT2D eigenvalue weighted by molar-refractivity contribution is 6.04. The van der Waals surface area contributed by atoms with Crippen molar-refractivity contribution < 1.29 is 4.79 Å². The molecule has 4 nitrogen and oxygen atoms in total. The number of nitrogens with zero attached hydrogens (tertiary/aromatic N) is 2. The summed E-state index contributed by atoms with van der Waals surface area (Å²) in [6, 6.07) is 21.8. The smallest absolute Gasteiger partial charge is 0.255 e. The van der Waals surface area contributed by atoms with Crippen molar-refractivity contribution in [3.63, 3.8) is 0 Å². The van der Waals surface area contributed by atoms with Gasteiger partial charge in [-0.05, 0) is 49.2 Å². The topological polar surface area (TPSA) is 45.2 Å². The maximum atomic E-state index is 12.2. The Hall–Kier alpha value is -3.14. The van der Waals surface area contributed by atoms with Crippen molar-refractivity contribution in [3.8, 4) is 0 Å². The normalized spacial score (nSPS) is 15.7. The summed E-state index contributed by atoms with van der Waals surface area (Å²) >= 11 is 0. The fourth-order valence-corrected chi connectivity index (χ4v) is 3.31. The van der Waals surface area contributed by atoms with Crippen LogP contribution in [0.5, 0.6) is 0 Å². The van der Waals surface area contributed by atoms with Crippen molar-refractivity contribution in [1.29, 1.82) is 0 Å². The fraction of sp³-hybridized carbons (Fsp3) is 0.143. The third-order valence-corrected chi connectivity index (χ3v) is 4.50. The molecule has 1 unspecified atom stereocenters. The number of rotatable bonds is 3. The first-order valence-corrected chi connectivity index (χ1v) is 8.42. The van der Waals surface area contributed by atoms with Crippen molar-refractivity contribution in [2.24, 2.45) is 0 Å². The number of carbonyl (C=O) groups excluding carboxylic acids is 1. The predicted molar refractivity (Wildman–Crippen MR) is 100 cm³/mol. The van der Waals surface area contributed by atoms with E-state index in [1.807, 2.05) is 30.3 Å². The van der Waals surface area contributed by atoms with Crippen molar-refractivity contribution in [2.75, 3.05) is 10.2 Å². The van der Waals surface area contributed by atoms with Crippen LogP contribution in [0.1, 0.15) is 22.8 Å². The monoisotopic (exact) mass is 329 g/mol. The molecule has 1 N–H and O–H groups in total. The number of anilines is 3. The second-order valence-electron chi connectivity index (χ2n) is 6.28. The molecule has 4 rings (SSSR count). The Morgan fingerprint density at radius 1 is 1.04 bits per heavy atom. The standard InChI is InChI=1S/C21H19N3O/c1-15-13-17-9-5-6-10-19(17)24(15)20-12-11-18(14-22-20)23-21(25)16-7-3-2-4-8-16/h2-12,14-15H,13H2,1H3,(H,23,25). The average molecular weight is 329 g/mol. The second kappa shape index (κ2) is 6.40. The van der Waals surface area contributed by atoms with E-state index in [1.165, 1.54) is 11.3 Å². The largest absolute Gasteiger partial charge is 0.323 e. The highest BCUT2D eigenvalue weighted by Gasteiger charge is 2.27. The number of para-hydroxylation sites is 1. The lowest BCUT2D eigenvalue weighted by atomic mass is 10.1. The second-order valence-corrected chi connectivity index (χ2v) is 6.28. The van der Waals surface area contributed by atoms with Crippen LogP contribution in [0, 0.1) is 0 Å². The zero-order valence-corrected chi connectivity index (χ0v) is 14.0. The Bertz CT molecular complexity index is 891. The lowest BCUT2D eigenvalue weighted by Crippen LogP contribution is -2.24. The molecule has 25 heavy (non-hydrogen) atoms. The van der Waals surface area contributed by atoms with E-state index in [4.69, 9.17) is 0 Å². The van der Waals surface area contributed by atoms with Gasteiger partial charge < -0.3 is 10.2 Å². The molecular weight excluding hydrogens is 310 g/mol. The van der Waals surface area contributed by atoms with Crippen LogP contribution in [0.4, 0.5) is 17.2 Å². The number of hydrogen-bond donors (Lipinski definition) is 1. The van der Waals surface area contributed by atoms with Gasteiger partial charge in [-0.3, -0.25) is 4.79 Å². The molecule has 0 saturated heterocycles. The Balaban J connectivity index is 1.54. The number of carbonyl (C=O) groups is 1. The van der Waals surface area contributed by atoms with Gasteiger partial charge in [0.15, 0.2) is 0 Å². The van der Waals surface area contributed by atoms with Gasteiger partial charge in [0.05, 0.1) is 11.9 Å². The van der Waals surface area contributed by atoms with Crippen LogP contribution >= 0.6 is 0 Å².